The first kappa shape index (κ1) is 25.1. The molecule has 0 spiro atoms. The zero-order chi connectivity index (χ0) is 25.3. The van der Waals surface area contributed by atoms with Gasteiger partial charge in [0.1, 0.15) is 12.3 Å². The van der Waals surface area contributed by atoms with Crippen LogP contribution in [0, 0.1) is 0 Å². The van der Waals surface area contributed by atoms with Crippen molar-refractivity contribution in [2.45, 2.75) is 31.0 Å². The molecule has 3 heterocycles. The van der Waals surface area contributed by atoms with Crippen LogP contribution in [0.25, 0.3) is 11.8 Å². The van der Waals surface area contributed by atoms with Crippen LogP contribution in [0.15, 0.2) is 39.0 Å². The zero-order valence-corrected chi connectivity index (χ0v) is 19.8. The minimum atomic E-state index is -4.68. The standard InChI is InChI=1S/C19H16BrClF3N7O4/c20-4-3-9-7-30(18(34)26-16(9)33)15-6-13(14(8-32)35-15)25-17-27-28-29-31(17)10-1-2-12(21)11(5-10)19(22,23)24/h1-5,7,13-15,32H,6,8H2,(H,25,27,29)(H,26,33,34)/b4-3+/t13-,14+,15+/m0/s1. The second-order valence-electron chi connectivity index (χ2n) is 7.42. The Labute approximate surface area is 207 Å². The first-order chi connectivity index (χ1) is 16.6. The lowest BCUT2D eigenvalue weighted by atomic mass is 10.1. The fourth-order valence-corrected chi connectivity index (χ4v) is 4.11. The molecule has 0 radical (unpaired) electrons. The minimum absolute atomic E-state index is 0.00621. The van der Waals surface area contributed by atoms with E-state index >= 15 is 0 Å². The van der Waals surface area contributed by atoms with Gasteiger partial charge in [0.2, 0.25) is 5.95 Å². The lowest BCUT2D eigenvalue weighted by molar-refractivity contribution is -0.137. The van der Waals surface area contributed by atoms with Crippen molar-refractivity contribution in [3.8, 4) is 5.69 Å². The van der Waals surface area contributed by atoms with E-state index in [1.54, 1.807) is 0 Å². The van der Waals surface area contributed by atoms with Gasteiger partial charge in [-0.2, -0.15) is 17.9 Å². The predicted octanol–water partition coefficient (Wildman–Crippen LogP) is 2.31. The number of nitrogens with zero attached hydrogens (tertiary/aromatic N) is 5. The van der Waals surface area contributed by atoms with Crippen molar-refractivity contribution < 1.29 is 23.0 Å². The molecule has 0 saturated carbocycles. The van der Waals surface area contributed by atoms with Crippen LogP contribution in [0.4, 0.5) is 19.1 Å². The number of benzene rings is 1. The SMILES string of the molecule is O=c1[nH]c(=O)n([C@H]2C[C@H](Nc3nnnn3-c3ccc(Cl)c(C(F)(F)F)c3)[C@@H](CO)O2)cc1/C=C/Br. The summed E-state index contributed by atoms with van der Waals surface area (Å²) in [4.78, 5) is 27.9. The average Bonchev–Trinajstić information content (AvgIpc) is 3.42. The van der Waals surface area contributed by atoms with E-state index in [4.69, 9.17) is 16.3 Å². The molecule has 0 bridgehead atoms. The van der Waals surface area contributed by atoms with Gasteiger partial charge in [-0.05, 0) is 39.7 Å². The average molecular weight is 579 g/mol. The predicted molar refractivity (Wildman–Crippen MR) is 121 cm³/mol. The number of nitrogens with one attached hydrogen (secondary N) is 2. The molecule has 0 unspecified atom stereocenters. The van der Waals surface area contributed by atoms with Crippen LogP contribution >= 0.6 is 27.5 Å². The van der Waals surface area contributed by atoms with E-state index in [-0.39, 0.29) is 23.6 Å². The molecule has 1 aliphatic heterocycles. The maximum absolute atomic E-state index is 13.3. The number of hydrogen-bond acceptors (Lipinski definition) is 8. The summed E-state index contributed by atoms with van der Waals surface area (Å²) >= 11 is 8.76. The molecule has 0 amide bonds. The third-order valence-electron chi connectivity index (χ3n) is 5.25. The number of halogens is 5. The topological polar surface area (TPSA) is 140 Å². The largest absolute Gasteiger partial charge is 0.417 e. The van der Waals surface area contributed by atoms with Crippen molar-refractivity contribution in [1.29, 1.82) is 0 Å². The van der Waals surface area contributed by atoms with Gasteiger partial charge in [0.05, 0.1) is 34.5 Å². The van der Waals surface area contributed by atoms with E-state index in [0.717, 1.165) is 16.8 Å². The third kappa shape index (κ3) is 5.17. The number of aromatic nitrogens is 6. The summed E-state index contributed by atoms with van der Waals surface area (Å²) in [5, 5.41) is 23.3. The van der Waals surface area contributed by atoms with E-state index in [1.165, 1.54) is 27.9 Å². The number of aliphatic hydroxyl groups excluding tert-OH is 1. The van der Waals surface area contributed by atoms with Gasteiger partial charge in [-0.3, -0.25) is 14.3 Å². The van der Waals surface area contributed by atoms with Crippen LogP contribution in [0.1, 0.15) is 23.8 Å². The number of aromatic amines is 1. The number of tetrazole rings is 1. The highest BCUT2D eigenvalue weighted by molar-refractivity contribution is 9.11. The molecule has 3 aromatic rings. The van der Waals surface area contributed by atoms with E-state index in [9.17, 15) is 27.9 Å². The molecule has 1 saturated heterocycles. The third-order valence-corrected chi connectivity index (χ3v) is 5.84. The Morgan fingerprint density at radius 2 is 2.14 bits per heavy atom. The Bertz CT molecular complexity index is 1370. The number of H-pyrrole nitrogens is 1. The second-order valence-corrected chi connectivity index (χ2v) is 8.35. The van der Waals surface area contributed by atoms with Crippen LogP contribution in [0.5, 0.6) is 0 Å². The molecule has 16 heteroatoms. The monoisotopic (exact) mass is 577 g/mol. The minimum Gasteiger partial charge on any atom is -0.394 e. The normalized spacial score (nSPS) is 20.6. The van der Waals surface area contributed by atoms with Gasteiger partial charge in [-0.1, -0.05) is 32.6 Å². The molecule has 11 nitrogen and oxygen atoms in total. The van der Waals surface area contributed by atoms with Gasteiger partial charge in [-0.15, -0.1) is 0 Å². The van der Waals surface area contributed by atoms with Crippen LogP contribution in [-0.2, 0) is 10.9 Å². The Kier molecular flexibility index (Phi) is 7.12. The summed E-state index contributed by atoms with van der Waals surface area (Å²) < 4.78 is 47.8. The van der Waals surface area contributed by atoms with Gasteiger partial charge in [0.15, 0.2) is 0 Å². The van der Waals surface area contributed by atoms with Crippen LogP contribution in [0.2, 0.25) is 5.02 Å². The van der Waals surface area contributed by atoms with E-state index in [1.807, 2.05) is 0 Å². The Morgan fingerprint density at radius 1 is 1.37 bits per heavy atom. The summed E-state index contributed by atoms with van der Waals surface area (Å²) in [6.45, 7) is -0.443. The molecule has 2 aromatic heterocycles. The molecule has 4 rings (SSSR count). The van der Waals surface area contributed by atoms with Gasteiger partial charge >= 0.3 is 11.9 Å². The molecule has 186 valence electrons. The number of alkyl halides is 3. The fraction of sp³-hybridized carbons (Fsp3) is 0.316. The van der Waals surface area contributed by atoms with E-state index < -0.39 is 53.0 Å². The van der Waals surface area contributed by atoms with Crippen LogP contribution in [-0.4, -0.2) is 53.6 Å². The Balaban J connectivity index is 1.62. The molecule has 35 heavy (non-hydrogen) atoms. The maximum atomic E-state index is 13.3. The number of anilines is 1. The first-order valence-corrected chi connectivity index (χ1v) is 11.2. The molecule has 1 fully saturated rings. The molecule has 0 aliphatic carbocycles. The van der Waals surface area contributed by atoms with Crippen molar-refractivity contribution >= 4 is 39.6 Å². The Hall–Kier alpha value is -3.01. The number of hydrogen-bond donors (Lipinski definition) is 3. The van der Waals surface area contributed by atoms with E-state index in [2.05, 4.69) is 41.8 Å². The van der Waals surface area contributed by atoms with Crippen molar-refractivity contribution in [2.75, 3.05) is 11.9 Å². The second kappa shape index (κ2) is 9.93. The van der Waals surface area contributed by atoms with Crippen molar-refractivity contribution in [2.24, 2.45) is 0 Å². The number of ether oxygens (including phenoxy) is 1. The summed E-state index contributed by atoms with van der Waals surface area (Å²) in [7, 11) is 0. The molecular weight excluding hydrogens is 563 g/mol. The van der Waals surface area contributed by atoms with Gasteiger partial charge in [-0.25, -0.2) is 4.79 Å². The number of aliphatic hydroxyl groups is 1. The molecule has 3 atom stereocenters. The molecule has 1 aromatic carbocycles. The van der Waals surface area contributed by atoms with Crippen molar-refractivity contribution in [1.82, 2.24) is 29.8 Å². The van der Waals surface area contributed by atoms with Crippen molar-refractivity contribution in [3.63, 3.8) is 0 Å². The lowest BCUT2D eigenvalue weighted by Gasteiger charge is -2.18. The highest BCUT2D eigenvalue weighted by atomic mass is 79.9. The fourth-order valence-electron chi connectivity index (χ4n) is 3.60. The molecular formula is C19H16BrClF3N7O4. The van der Waals surface area contributed by atoms with Gasteiger partial charge in [0.25, 0.3) is 5.56 Å². The highest BCUT2D eigenvalue weighted by Gasteiger charge is 2.38. The Morgan fingerprint density at radius 3 is 2.83 bits per heavy atom. The maximum Gasteiger partial charge on any atom is 0.417 e. The summed E-state index contributed by atoms with van der Waals surface area (Å²) in [5.74, 6) is -0.0233. The quantitative estimate of drug-likeness (QED) is 0.405. The lowest BCUT2D eigenvalue weighted by Crippen LogP contribution is -2.33. The van der Waals surface area contributed by atoms with Crippen LogP contribution in [0.3, 0.4) is 0 Å². The smallest absolute Gasteiger partial charge is 0.394 e. The highest BCUT2D eigenvalue weighted by Crippen LogP contribution is 2.36. The first-order valence-electron chi connectivity index (χ1n) is 9.93. The zero-order valence-electron chi connectivity index (χ0n) is 17.4. The summed E-state index contributed by atoms with van der Waals surface area (Å²) in [6, 6.07) is 2.56. The van der Waals surface area contributed by atoms with Crippen molar-refractivity contribution in [3.05, 3.63) is 66.4 Å². The van der Waals surface area contributed by atoms with Crippen LogP contribution < -0.4 is 16.6 Å². The van der Waals surface area contributed by atoms with Gasteiger partial charge in [0, 0.05) is 12.6 Å². The summed E-state index contributed by atoms with van der Waals surface area (Å²) in [6.07, 6.45) is -3.48. The molecule has 1 aliphatic rings. The number of rotatable bonds is 6. The molecule has 3 N–H and O–H groups in total. The summed E-state index contributed by atoms with van der Waals surface area (Å²) in [5.41, 5.74) is -2.17. The van der Waals surface area contributed by atoms with Gasteiger partial charge < -0.3 is 15.2 Å². The van der Waals surface area contributed by atoms with E-state index in [0.29, 0.717) is 0 Å².